The molecule has 3 N–H and O–H groups in total. The smallest absolute Gasteiger partial charge is 0.391 e. The van der Waals surface area contributed by atoms with Crippen LogP contribution in [0.5, 0.6) is 5.75 Å². The molecule has 0 aliphatic heterocycles. The van der Waals surface area contributed by atoms with E-state index in [1.165, 1.54) is 12.4 Å². The second kappa shape index (κ2) is 9.87. The van der Waals surface area contributed by atoms with Gasteiger partial charge in [-0.3, -0.25) is 9.78 Å². The number of hydrogen-bond donors (Lipinski definition) is 3. The lowest BCUT2D eigenvalue weighted by Gasteiger charge is -2.30. The number of fused-ring (bicyclic) bond motifs is 1. The molecule has 2 heterocycles. The molecule has 1 aromatic carbocycles. The average molecular weight is 516 g/mol. The molecule has 0 radical (unpaired) electrons. The molecule has 12 heteroatoms. The van der Waals surface area contributed by atoms with E-state index in [9.17, 15) is 18.0 Å². The minimum Gasteiger partial charge on any atom is -0.493 e. The number of hydrogen-bond acceptors (Lipinski definition) is 5. The Balaban J connectivity index is 1.55. The molecule has 4 rings (SSSR count). The van der Waals surface area contributed by atoms with Crippen LogP contribution in [0.25, 0.3) is 11.0 Å². The molecule has 182 valence electrons. The first kappa shape index (κ1) is 24.4. The first-order chi connectivity index (χ1) is 16.2. The minimum absolute atomic E-state index is 0.000317. The Bertz CT molecular complexity index is 1170. The molecule has 0 unspecified atom stereocenters. The van der Waals surface area contributed by atoms with Crippen LogP contribution in [-0.4, -0.2) is 39.7 Å². The quantitative estimate of drug-likeness (QED) is 0.360. The van der Waals surface area contributed by atoms with Crippen LogP contribution in [0.4, 0.5) is 24.8 Å². The molecule has 0 spiro atoms. The number of carbonyl (C=O) groups is 1. The fourth-order valence-electron chi connectivity index (χ4n) is 4.03. The summed E-state index contributed by atoms with van der Waals surface area (Å²) < 4.78 is 44.4. The number of aromatic amines is 1. The maximum absolute atomic E-state index is 13.0. The number of H-pyrrole nitrogens is 1. The molecular formula is C22H22Cl2F3N5O2. The van der Waals surface area contributed by atoms with Crippen molar-refractivity contribution in [2.75, 3.05) is 11.9 Å². The molecule has 1 saturated carbocycles. The highest BCUT2D eigenvalue weighted by Crippen LogP contribution is 2.38. The SMILES string of the molecule is CCOc1cc2[nH]c(Nc3c(Cl)cncc3Cl)nc2cc1C(=O)NC1CCC(C(F)(F)F)CC1. The molecular weight excluding hydrogens is 494 g/mol. The summed E-state index contributed by atoms with van der Waals surface area (Å²) in [7, 11) is 0. The van der Waals surface area contributed by atoms with Crippen LogP contribution in [-0.2, 0) is 0 Å². The normalized spacial score (nSPS) is 18.6. The second-order valence-electron chi connectivity index (χ2n) is 8.05. The van der Waals surface area contributed by atoms with Crippen LogP contribution < -0.4 is 15.4 Å². The third-order valence-corrected chi connectivity index (χ3v) is 6.32. The highest BCUT2D eigenvalue weighted by Gasteiger charge is 2.41. The Labute approximate surface area is 203 Å². The van der Waals surface area contributed by atoms with E-state index in [0.717, 1.165) is 0 Å². The summed E-state index contributed by atoms with van der Waals surface area (Å²) in [4.78, 5) is 24.5. The zero-order valence-electron chi connectivity index (χ0n) is 18.1. The molecule has 2 aromatic heterocycles. The first-order valence-corrected chi connectivity index (χ1v) is 11.5. The van der Waals surface area contributed by atoms with E-state index in [1.54, 1.807) is 19.1 Å². The van der Waals surface area contributed by atoms with Crippen molar-refractivity contribution in [3.05, 3.63) is 40.1 Å². The van der Waals surface area contributed by atoms with Gasteiger partial charge >= 0.3 is 6.18 Å². The van der Waals surface area contributed by atoms with Gasteiger partial charge in [0.25, 0.3) is 5.91 Å². The first-order valence-electron chi connectivity index (χ1n) is 10.8. The Kier molecular flexibility index (Phi) is 7.09. The summed E-state index contributed by atoms with van der Waals surface area (Å²) in [6.07, 6.45) is -0.774. The number of halogens is 5. The number of carbonyl (C=O) groups excluding carboxylic acids is 1. The molecule has 1 fully saturated rings. The summed E-state index contributed by atoms with van der Waals surface area (Å²) >= 11 is 12.3. The van der Waals surface area contributed by atoms with Crippen LogP contribution in [0.2, 0.25) is 10.0 Å². The summed E-state index contributed by atoms with van der Waals surface area (Å²) in [5.41, 5.74) is 1.77. The fraction of sp³-hybridized carbons (Fsp3) is 0.409. The Morgan fingerprint density at radius 1 is 1.18 bits per heavy atom. The molecule has 1 aliphatic rings. The highest BCUT2D eigenvalue weighted by atomic mass is 35.5. The van der Waals surface area contributed by atoms with Crippen LogP contribution >= 0.6 is 23.2 Å². The Hall–Kier alpha value is -2.72. The number of imidazole rings is 1. The number of nitrogens with zero attached hydrogens (tertiary/aromatic N) is 2. The molecule has 0 bridgehead atoms. The molecule has 34 heavy (non-hydrogen) atoms. The third-order valence-electron chi connectivity index (χ3n) is 5.75. The molecule has 3 aromatic rings. The van der Waals surface area contributed by atoms with Crippen molar-refractivity contribution in [1.29, 1.82) is 0 Å². The molecule has 7 nitrogen and oxygen atoms in total. The van der Waals surface area contributed by atoms with Crippen molar-refractivity contribution in [3.8, 4) is 5.75 Å². The number of alkyl halides is 3. The van der Waals surface area contributed by atoms with Crippen molar-refractivity contribution >= 4 is 51.8 Å². The highest BCUT2D eigenvalue weighted by molar-refractivity contribution is 6.39. The predicted molar refractivity (Wildman–Crippen MR) is 124 cm³/mol. The standard InChI is InChI=1S/C22H22Cl2F3N5O2/c1-2-34-18-8-17-16(30-21(31-17)32-19-14(23)9-28-10-15(19)24)7-13(18)20(33)29-12-5-3-11(4-6-12)22(25,26)27/h7-12H,2-6H2,1H3,(H,29,33)(H2,28,30,31,32). The van der Waals surface area contributed by atoms with E-state index in [-0.39, 0.29) is 37.3 Å². The lowest BCUT2D eigenvalue weighted by molar-refractivity contribution is -0.182. The largest absolute Gasteiger partial charge is 0.493 e. The zero-order chi connectivity index (χ0) is 24.5. The maximum atomic E-state index is 13.0. The van der Waals surface area contributed by atoms with Gasteiger partial charge in [-0.2, -0.15) is 13.2 Å². The third kappa shape index (κ3) is 5.33. The van der Waals surface area contributed by atoms with Gasteiger partial charge in [-0.15, -0.1) is 0 Å². The molecule has 1 amide bonds. The lowest BCUT2D eigenvalue weighted by Crippen LogP contribution is -2.40. The van der Waals surface area contributed by atoms with E-state index in [4.69, 9.17) is 27.9 Å². The van der Waals surface area contributed by atoms with E-state index in [0.29, 0.717) is 45.1 Å². The monoisotopic (exact) mass is 515 g/mol. The number of nitrogens with one attached hydrogen (secondary N) is 3. The van der Waals surface area contributed by atoms with Crippen molar-refractivity contribution in [2.45, 2.75) is 44.8 Å². The van der Waals surface area contributed by atoms with Gasteiger partial charge in [-0.05, 0) is 38.7 Å². The molecule has 1 aliphatic carbocycles. The number of anilines is 2. The number of amides is 1. The van der Waals surface area contributed by atoms with E-state index in [2.05, 4.69) is 25.6 Å². The van der Waals surface area contributed by atoms with Crippen molar-refractivity contribution in [1.82, 2.24) is 20.3 Å². The van der Waals surface area contributed by atoms with E-state index >= 15 is 0 Å². The lowest BCUT2D eigenvalue weighted by atomic mass is 9.85. The average Bonchev–Trinajstić information content (AvgIpc) is 3.17. The van der Waals surface area contributed by atoms with Gasteiger partial charge in [0.1, 0.15) is 5.75 Å². The van der Waals surface area contributed by atoms with Crippen molar-refractivity contribution < 1.29 is 22.7 Å². The van der Waals surface area contributed by atoms with Crippen LogP contribution in [0.1, 0.15) is 43.0 Å². The van der Waals surface area contributed by atoms with Crippen molar-refractivity contribution in [2.24, 2.45) is 5.92 Å². The summed E-state index contributed by atoms with van der Waals surface area (Å²) in [5.74, 6) is -1.05. The maximum Gasteiger partial charge on any atom is 0.391 e. The number of benzene rings is 1. The molecule has 0 saturated heterocycles. The van der Waals surface area contributed by atoms with Gasteiger partial charge in [0, 0.05) is 24.5 Å². The topological polar surface area (TPSA) is 91.9 Å². The minimum atomic E-state index is -4.20. The second-order valence-corrected chi connectivity index (χ2v) is 8.87. The van der Waals surface area contributed by atoms with Gasteiger partial charge < -0.3 is 20.4 Å². The van der Waals surface area contributed by atoms with Crippen LogP contribution in [0.15, 0.2) is 24.5 Å². The van der Waals surface area contributed by atoms with E-state index in [1.807, 2.05) is 0 Å². The summed E-state index contributed by atoms with van der Waals surface area (Å²) in [6, 6.07) is 2.90. The van der Waals surface area contributed by atoms with Gasteiger partial charge in [-0.25, -0.2) is 4.98 Å². The molecule has 0 atom stereocenters. The number of aromatic nitrogens is 3. The zero-order valence-corrected chi connectivity index (χ0v) is 19.6. The fourth-order valence-corrected chi connectivity index (χ4v) is 4.49. The van der Waals surface area contributed by atoms with Gasteiger partial charge in [-0.1, -0.05) is 23.2 Å². The summed E-state index contributed by atoms with van der Waals surface area (Å²) in [6.45, 7) is 2.11. The number of ether oxygens (including phenoxy) is 1. The number of rotatable bonds is 6. The van der Waals surface area contributed by atoms with Gasteiger partial charge in [0.15, 0.2) is 0 Å². The van der Waals surface area contributed by atoms with E-state index < -0.39 is 18.0 Å². The van der Waals surface area contributed by atoms with Crippen LogP contribution in [0, 0.1) is 5.92 Å². The summed E-state index contributed by atoms with van der Waals surface area (Å²) in [5, 5.41) is 6.48. The predicted octanol–water partition coefficient (Wildman–Crippen LogP) is 6.26. The van der Waals surface area contributed by atoms with Gasteiger partial charge in [0.05, 0.1) is 44.9 Å². The van der Waals surface area contributed by atoms with Crippen LogP contribution in [0.3, 0.4) is 0 Å². The van der Waals surface area contributed by atoms with Gasteiger partial charge in [0.2, 0.25) is 5.95 Å². The Morgan fingerprint density at radius 2 is 1.85 bits per heavy atom. The number of pyridine rings is 1. The Morgan fingerprint density at radius 3 is 2.47 bits per heavy atom. The van der Waals surface area contributed by atoms with Crippen molar-refractivity contribution in [3.63, 3.8) is 0 Å².